The highest BCUT2D eigenvalue weighted by Crippen LogP contribution is 2.26. The van der Waals surface area contributed by atoms with Crippen molar-refractivity contribution in [2.24, 2.45) is 0 Å². The van der Waals surface area contributed by atoms with Gasteiger partial charge in [-0.3, -0.25) is 9.78 Å². The summed E-state index contributed by atoms with van der Waals surface area (Å²) >= 11 is 0. The Morgan fingerprint density at radius 3 is 2.44 bits per heavy atom. The van der Waals surface area contributed by atoms with Crippen LogP contribution >= 0.6 is 0 Å². The third-order valence-corrected chi connectivity index (χ3v) is 5.74. The molecule has 11 nitrogen and oxygen atoms in total. The van der Waals surface area contributed by atoms with E-state index in [-0.39, 0.29) is 24.0 Å². The number of fused-ring (bicyclic) bond motifs is 1. The second-order valence-corrected chi connectivity index (χ2v) is 8.66. The normalized spacial score (nSPS) is 17.8. The summed E-state index contributed by atoms with van der Waals surface area (Å²) in [6.45, 7) is 3.97. The van der Waals surface area contributed by atoms with Crippen LogP contribution in [0.4, 0.5) is 10.5 Å². The Hall–Kier alpha value is -4.20. The van der Waals surface area contributed by atoms with Gasteiger partial charge in [0.15, 0.2) is 5.65 Å². The minimum atomic E-state index is -1.02. The third kappa shape index (κ3) is 5.06. The number of nitrogens with zero attached hydrogens (tertiary/aromatic N) is 5. The van der Waals surface area contributed by atoms with E-state index in [1.165, 1.54) is 12.4 Å². The molecule has 176 valence electrons. The molecule has 4 N–H and O–H groups in total. The van der Waals surface area contributed by atoms with Gasteiger partial charge in [-0.15, -0.1) is 0 Å². The number of rotatable bonds is 6. The van der Waals surface area contributed by atoms with Gasteiger partial charge in [0.2, 0.25) is 0 Å². The number of imidazole rings is 1. The summed E-state index contributed by atoms with van der Waals surface area (Å²) < 4.78 is 1.60. The van der Waals surface area contributed by atoms with Crippen molar-refractivity contribution in [3.8, 4) is 17.5 Å². The molecule has 2 amide bonds. The van der Waals surface area contributed by atoms with E-state index in [0.29, 0.717) is 59.5 Å². The van der Waals surface area contributed by atoms with Gasteiger partial charge in [-0.05, 0) is 45.6 Å². The molecule has 0 aromatic carbocycles. The van der Waals surface area contributed by atoms with Crippen LogP contribution in [-0.2, 0) is 0 Å². The maximum atomic E-state index is 13.1. The van der Waals surface area contributed by atoms with Crippen molar-refractivity contribution in [1.29, 1.82) is 5.26 Å². The van der Waals surface area contributed by atoms with Crippen LogP contribution in [0.15, 0.2) is 30.7 Å². The lowest BCUT2D eigenvalue weighted by molar-refractivity contribution is 0.0923. The summed E-state index contributed by atoms with van der Waals surface area (Å²) in [5.41, 5.74) is 3.25. The van der Waals surface area contributed by atoms with Crippen molar-refractivity contribution in [3.05, 3.63) is 41.9 Å². The minimum Gasteiger partial charge on any atom is -0.465 e. The Labute approximate surface area is 196 Å². The van der Waals surface area contributed by atoms with Gasteiger partial charge in [0.25, 0.3) is 5.91 Å². The van der Waals surface area contributed by atoms with E-state index in [2.05, 4.69) is 31.0 Å². The van der Waals surface area contributed by atoms with Crippen LogP contribution in [0.1, 0.15) is 55.5 Å². The van der Waals surface area contributed by atoms with E-state index < -0.39 is 6.09 Å². The summed E-state index contributed by atoms with van der Waals surface area (Å²) in [7, 11) is 0. The number of carboxylic acid groups (broad SMARTS) is 1. The minimum absolute atomic E-state index is 0.0248. The first kappa shape index (κ1) is 23.0. The topological polar surface area (TPSA) is 157 Å². The fourth-order valence-corrected chi connectivity index (χ4v) is 4.14. The number of amides is 2. The zero-order valence-electron chi connectivity index (χ0n) is 18.9. The molecule has 0 aliphatic heterocycles. The van der Waals surface area contributed by atoms with E-state index in [1.807, 2.05) is 19.9 Å². The largest absolute Gasteiger partial charge is 0.465 e. The number of aromatic nitrogens is 4. The summed E-state index contributed by atoms with van der Waals surface area (Å²) in [5.74, 6) is -0.230. The molecule has 0 saturated heterocycles. The van der Waals surface area contributed by atoms with Crippen molar-refractivity contribution < 1.29 is 14.7 Å². The van der Waals surface area contributed by atoms with Crippen molar-refractivity contribution in [2.75, 3.05) is 5.32 Å². The van der Waals surface area contributed by atoms with Gasteiger partial charge in [-0.25, -0.2) is 14.3 Å². The highest BCUT2D eigenvalue weighted by atomic mass is 16.4. The molecule has 3 aromatic rings. The van der Waals surface area contributed by atoms with E-state index >= 15 is 0 Å². The van der Waals surface area contributed by atoms with Gasteiger partial charge in [0, 0.05) is 30.4 Å². The van der Waals surface area contributed by atoms with Gasteiger partial charge in [0.1, 0.15) is 11.8 Å². The molecular weight excluding hydrogens is 436 g/mol. The first-order valence-corrected chi connectivity index (χ1v) is 11.1. The number of nitrogens with one attached hydrogen (secondary N) is 3. The predicted octanol–water partition coefficient (Wildman–Crippen LogP) is 2.79. The zero-order chi connectivity index (χ0) is 24.2. The molecule has 1 aliphatic carbocycles. The fourth-order valence-electron chi connectivity index (χ4n) is 4.14. The average Bonchev–Trinajstić information content (AvgIpc) is 3.22. The molecular formula is C23H26N8O3. The molecule has 0 bridgehead atoms. The second-order valence-electron chi connectivity index (χ2n) is 8.66. The van der Waals surface area contributed by atoms with Gasteiger partial charge < -0.3 is 21.1 Å². The molecule has 1 saturated carbocycles. The van der Waals surface area contributed by atoms with Crippen LogP contribution in [0.25, 0.3) is 17.0 Å². The van der Waals surface area contributed by atoms with Crippen LogP contribution in [-0.4, -0.2) is 54.8 Å². The summed E-state index contributed by atoms with van der Waals surface area (Å²) in [5, 5.41) is 31.1. The summed E-state index contributed by atoms with van der Waals surface area (Å²) in [6.07, 6.45) is 6.38. The number of hydrogen-bond acceptors (Lipinski definition) is 7. The first-order chi connectivity index (χ1) is 16.3. The molecule has 4 rings (SSSR count). The number of pyridine rings is 1. The van der Waals surface area contributed by atoms with Crippen molar-refractivity contribution in [2.45, 2.75) is 57.7 Å². The molecule has 11 heteroatoms. The molecule has 0 radical (unpaired) electrons. The highest BCUT2D eigenvalue weighted by molar-refractivity contribution is 6.00. The summed E-state index contributed by atoms with van der Waals surface area (Å²) in [6, 6.07) is 5.47. The number of carbonyl (C=O) groups is 2. The molecule has 3 heterocycles. The quantitative estimate of drug-likeness (QED) is 0.435. The fraction of sp³-hybridized carbons (Fsp3) is 0.391. The Morgan fingerprint density at radius 2 is 1.79 bits per heavy atom. The lowest BCUT2D eigenvalue weighted by atomic mass is 9.91. The molecule has 0 spiro atoms. The number of nitriles is 1. The lowest BCUT2D eigenvalue weighted by Crippen LogP contribution is -2.43. The maximum Gasteiger partial charge on any atom is 0.404 e. The Morgan fingerprint density at radius 1 is 1.09 bits per heavy atom. The van der Waals surface area contributed by atoms with Crippen molar-refractivity contribution >= 4 is 23.3 Å². The van der Waals surface area contributed by atoms with E-state index in [0.717, 1.165) is 0 Å². The average molecular weight is 463 g/mol. The first-order valence-electron chi connectivity index (χ1n) is 11.1. The van der Waals surface area contributed by atoms with Crippen LogP contribution in [0.5, 0.6) is 0 Å². The number of carbonyl (C=O) groups excluding carboxylic acids is 1. The number of anilines is 1. The van der Waals surface area contributed by atoms with Crippen LogP contribution in [0, 0.1) is 11.3 Å². The molecule has 0 unspecified atom stereocenters. The molecule has 0 atom stereocenters. The zero-order valence-corrected chi connectivity index (χ0v) is 18.9. The molecule has 1 aliphatic rings. The van der Waals surface area contributed by atoms with E-state index in [1.54, 1.807) is 22.8 Å². The van der Waals surface area contributed by atoms with Crippen molar-refractivity contribution in [3.63, 3.8) is 0 Å². The number of hydrogen-bond donors (Lipinski definition) is 4. The third-order valence-electron chi connectivity index (χ3n) is 5.74. The van der Waals surface area contributed by atoms with E-state index in [9.17, 15) is 9.59 Å². The van der Waals surface area contributed by atoms with E-state index in [4.69, 9.17) is 10.4 Å². The maximum absolute atomic E-state index is 13.1. The van der Waals surface area contributed by atoms with Gasteiger partial charge in [-0.2, -0.15) is 10.4 Å². The van der Waals surface area contributed by atoms with Crippen LogP contribution < -0.4 is 16.0 Å². The Bertz CT molecular complexity index is 1250. The Kier molecular flexibility index (Phi) is 6.58. The second kappa shape index (κ2) is 9.74. The van der Waals surface area contributed by atoms with Crippen LogP contribution in [0.2, 0.25) is 0 Å². The predicted molar refractivity (Wildman–Crippen MR) is 124 cm³/mol. The molecule has 1 fully saturated rings. The smallest absolute Gasteiger partial charge is 0.404 e. The SMILES string of the molecule is CC(C)Nc1cc(-c2cnc3cc(C#N)cnn23)ncc1C(=O)N[C@H]1CC[C@H](NC(=O)O)CC1. The highest BCUT2D eigenvalue weighted by Gasteiger charge is 2.25. The standard InChI is InChI=1S/C23H26N8O3/c1-13(2)28-18-8-19(20-12-26-21-7-14(9-24)10-27-31(20)21)25-11-17(18)22(32)29-15-3-5-16(6-4-15)30-23(33)34/h7-8,10-13,15-16,30H,3-6H2,1-2H3,(H,25,28)(H,29,32)(H,33,34)/t15-,16-. The summed E-state index contributed by atoms with van der Waals surface area (Å²) in [4.78, 5) is 32.7. The lowest BCUT2D eigenvalue weighted by Gasteiger charge is -2.29. The molecule has 3 aromatic heterocycles. The monoisotopic (exact) mass is 462 g/mol. The molecule has 34 heavy (non-hydrogen) atoms. The van der Waals surface area contributed by atoms with Gasteiger partial charge in [0.05, 0.1) is 34.9 Å². The van der Waals surface area contributed by atoms with Gasteiger partial charge >= 0.3 is 6.09 Å². The Balaban J connectivity index is 1.55. The van der Waals surface area contributed by atoms with Gasteiger partial charge in [-0.1, -0.05) is 0 Å². The van der Waals surface area contributed by atoms with Crippen molar-refractivity contribution in [1.82, 2.24) is 30.2 Å². The van der Waals surface area contributed by atoms with Crippen LogP contribution in [0.3, 0.4) is 0 Å².